The molecule has 0 bridgehead atoms. The fraction of sp³-hybridized carbons (Fsp3) is 0.500. The van der Waals surface area contributed by atoms with Crippen molar-refractivity contribution >= 4 is 15.9 Å². The Morgan fingerprint density at radius 1 is 1.44 bits per heavy atom. The number of sulfonamides is 1. The van der Waals surface area contributed by atoms with Crippen LogP contribution in [0.1, 0.15) is 11.4 Å². The van der Waals surface area contributed by atoms with Gasteiger partial charge in [-0.05, 0) is 13.8 Å². The van der Waals surface area contributed by atoms with Gasteiger partial charge in [-0.25, -0.2) is 13.1 Å². The third kappa shape index (κ3) is 2.58. The van der Waals surface area contributed by atoms with Crippen LogP contribution in [0, 0.1) is 13.8 Å². The molecule has 0 atom stereocenters. The number of aromatic amines is 1. The number of carbonyl (C=O) groups is 1. The second kappa shape index (κ2) is 4.62. The molecule has 0 fully saturated rings. The number of rotatable bonds is 4. The lowest BCUT2D eigenvalue weighted by Gasteiger charge is -2.05. The van der Waals surface area contributed by atoms with Gasteiger partial charge >= 0.3 is 0 Å². The van der Waals surface area contributed by atoms with Crippen molar-refractivity contribution in [2.75, 3.05) is 13.6 Å². The quantitative estimate of drug-likeness (QED) is 0.637. The number of nitrogens with one attached hydrogen (secondary N) is 3. The molecule has 1 aromatic heterocycles. The molecule has 0 aliphatic rings. The first-order valence-electron chi connectivity index (χ1n) is 4.60. The number of aryl methyl sites for hydroxylation is 2. The highest BCUT2D eigenvalue weighted by Crippen LogP contribution is 2.15. The first kappa shape index (κ1) is 12.7. The number of hydrogen-bond acceptors (Lipinski definition) is 4. The Kier molecular flexibility index (Phi) is 3.66. The molecule has 7 nitrogen and oxygen atoms in total. The summed E-state index contributed by atoms with van der Waals surface area (Å²) in [4.78, 5) is 11.0. The minimum Gasteiger partial charge on any atom is -0.358 e. The minimum atomic E-state index is -3.69. The number of H-pyrrole nitrogens is 1. The fourth-order valence-corrected chi connectivity index (χ4v) is 2.61. The van der Waals surface area contributed by atoms with Crippen molar-refractivity contribution in [3.63, 3.8) is 0 Å². The Labute approximate surface area is 93.7 Å². The van der Waals surface area contributed by atoms with Crippen molar-refractivity contribution in [1.82, 2.24) is 20.2 Å². The van der Waals surface area contributed by atoms with Crippen LogP contribution in [0.15, 0.2) is 4.90 Å². The summed E-state index contributed by atoms with van der Waals surface area (Å²) in [6, 6.07) is 0. The molecule has 1 heterocycles. The van der Waals surface area contributed by atoms with E-state index in [9.17, 15) is 13.2 Å². The Bertz CT molecular complexity index is 472. The van der Waals surface area contributed by atoms with Crippen molar-refractivity contribution in [3.8, 4) is 0 Å². The first-order valence-corrected chi connectivity index (χ1v) is 6.08. The maximum Gasteiger partial charge on any atom is 0.244 e. The highest BCUT2D eigenvalue weighted by atomic mass is 32.2. The van der Waals surface area contributed by atoms with E-state index < -0.39 is 15.9 Å². The summed E-state index contributed by atoms with van der Waals surface area (Å²) in [5.74, 6) is -0.401. The van der Waals surface area contributed by atoms with Gasteiger partial charge in [0.25, 0.3) is 0 Å². The Morgan fingerprint density at radius 2 is 2.06 bits per heavy atom. The monoisotopic (exact) mass is 246 g/mol. The van der Waals surface area contributed by atoms with Gasteiger partial charge < -0.3 is 5.32 Å². The van der Waals surface area contributed by atoms with E-state index in [4.69, 9.17) is 0 Å². The highest BCUT2D eigenvalue weighted by Gasteiger charge is 2.22. The molecule has 1 amide bonds. The molecule has 16 heavy (non-hydrogen) atoms. The summed E-state index contributed by atoms with van der Waals surface area (Å²) in [7, 11) is -2.25. The summed E-state index contributed by atoms with van der Waals surface area (Å²) >= 11 is 0. The maximum atomic E-state index is 11.8. The van der Waals surface area contributed by atoms with E-state index in [0.29, 0.717) is 11.4 Å². The molecule has 0 aliphatic carbocycles. The molecule has 1 aromatic rings. The molecule has 0 unspecified atom stereocenters. The van der Waals surface area contributed by atoms with Crippen LogP contribution in [-0.2, 0) is 14.8 Å². The molecule has 0 saturated carbocycles. The van der Waals surface area contributed by atoms with Crippen molar-refractivity contribution < 1.29 is 13.2 Å². The van der Waals surface area contributed by atoms with Gasteiger partial charge in [-0.1, -0.05) is 0 Å². The summed E-state index contributed by atoms with van der Waals surface area (Å²) in [5.41, 5.74) is 0.823. The summed E-state index contributed by atoms with van der Waals surface area (Å²) < 4.78 is 25.8. The van der Waals surface area contributed by atoms with Crippen molar-refractivity contribution in [3.05, 3.63) is 11.4 Å². The molecule has 90 valence electrons. The van der Waals surface area contributed by atoms with Crippen molar-refractivity contribution in [2.45, 2.75) is 18.7 Å². The third-order valence-corrected chi connectivity index (χ3v) is 3.69. The molecule has 0 aromatic carbocycles. The highest BCUT2D eigenvalue weighted by molar-refractivity contribution is 7.89. The van der Waals surface area contributed by atoms with Crippen LogP contribution in [-0.4, -0.2) is 38.1 Å². The second-order valence-corrected chi connectivity index (χ2v) is 4.96. The number of aromatic nitrogens is 2. The van der Waals surface area contributed by atoms with Gasteiger partial charge in [0.05, 0.1) is 17.9 Å². The van der Waals surface area contributed by atoms with Crippen LogP contribution in [0.4, 0.5) is 0 Å². The third-order valence-electron chi connectivity index (χ3n) is 2.03. The predicted molar refractivity (Wildman–Crippen MR) is 57.3 cm³/mol. The molecular formula is C8H14N4O3S. The Hall–Kier alpha value is -1.41. The zero-order valence-electron chi connectivity index (χ0n) is 9.29. The molecule has 1 rings (SSSR count). The zero-order chi connectivity index (χ0) is 12.3. The van der Waals surface area contributed by atoms with Gasteiger partial charge in [-0.3, -0.25) is 9.89 Å². The van der Waals surface area contributed by atoms with E-state index in [1.807, 2.05) is 0 Å². The molecule has 0 spiro atoms. The molecule has 3 N–H and O–H groups in total. The number of nitrogens with zero attached hydrogens (tertiary/aromatic N) is 1. The van der Waals surface area contributed by atoms with Crippen molar-refractivity contribution in [2.24, 2.45) is 0 Å². The lowest BCUT2D eigenvalue weighted by molar-refractivity contribution is -0.119. The van der Waals surface area contributed by atoms with Crippen LogP contribution in [0.5, 0.6) is 0 Å². The summed E-state index contributed by atoms with van der Waals surface area (Å²) in [6.07, 6.45) is 0. The Morgan fingerprint density at radius 3 is 2.50 bits per heavy atom. The number of hydrogen-bond donors (Lipinski definition) is 3. The van der Waals surface area contributed by atoms with Gasteiger partial charge in [0.2, 0.25) is 15.9 Å². The Balaban J connectivity index is 2.91. The van der Waals surface area contributed by atoms with Crippen LogP contribution in [0.3, 0.4) is 0 Å². The van der Waals surface area contributed by atoms with Gasteiger partial charge in [0, 0.05) is 7.05 Å². The zero-order valence-corrected chi connectivity index (χ0v) is 10.1. The standard InChI is InChI=1S/C8H14N4O3S/c1-5-8(6(2)12-11-5)16(14,15)10-4-7(13)9-3/h10H,4H2,1-3H3,(H,9,13)(H,11,12). The van der Waals surface area contributed by atoms with E-state index in [-0.39, 0.29) is 11.4 Å². The molecule has 0 radical (unpaired) electrons. The minimum absolute atomic E-state index is 0.0939. The van der Waals surface area contributed by atoms with Crippen LogP contribution in [0.25, 0.3) is 0 Å². The largest absolute Gasteiger partial charge is 0.358 e. The fourth-order valence-electron chi connectivity index (χ4n) is 1.26. The molecule has 0 saturated heterocycles. The lowest BCUT2D eigenvalue weighted by atomic mass is 10.4. The summed E-state index contributed by atoms with van der Waals surface area (Å²) in [6.45, 7) is 2.90. The van der Waals surface area contributed by atoms with Crippen molar-refractivity contribution in [1.29, 1.82) is 0 Å². The van der Waals surface area contributed by atoms with Crippen LogP contribution >= 0.6 is 0 Å². The van der Waals surface area contributed by atoms with Gasteiger partial charge in [-0.15, -0.1) is 0 Å². The van der Waals surface area contributed by atoms with Crippen LogP contribution in [0.2, 0.25) is 0 Å². The normalized spacial score (nSPS) is 11.4. The van der Waals surface area contributed by atoms with E-state index in [1.165, 1.54) is 7.05 Å². The smallest absolute Gasteiger partial charge is 0.244 e. The number of amides is 1. The molecular weight excluding hydrogens is 232 g/mol. The van der Waals surface area contributed by atoms with Crippen LogP contribution < -0.4 is 10.0 Å². The average molecular weight is 246 g/mol. The second-order valence-electron chi connectivity index (χ2n) is 3.26. The van der Waals surface area contributed by atoms with Gasteiger partial charge in [0.1, 0.15) is 4.90 Å². The number of likely N-dealkylation sites (N-methyl/N-ethyl adjacent to an activating group) is 1. The topological polar surface area (TPSA) is 104 Å². The van der Waals surface area contributed by atoms with E-state index >= 15 is 0 Å². The lowest BCUT2D eigenvalue weighted by Crippen LogP contribution is -2.35. The SMILES string of the molecule is CNC(=O)CNS(=O)(=O)c1c(C)n[nH]c1C. The molecule has 0 aliphatic heterocycles. The number of carbonyl (C=O) groups excluding carboxylic acids is 1. The maximum absolute atomic E-state index is 11.8. The predicted octanol–water partition coefficient (Wildman–Crippen LogP) is -0.949. The van der Waals surface area contributed by atoms with E-state index in [0.717, 1.165) is 0 Å². The summed E-state index contributed by atoms with van der Waals surface area (Å²) in [5, 5.41) is 8.68. The first-order chi connectivity index (χ1) is 7.38. The van der Waals surface area contributed by atoms with E-state index in [2.05, 4.69) is 20.2 Å². The van der Waals surface area contributed by atoms with Gasteiger partial charge in [-0.2, -0.15) is 5.10 Å². The van der Waals surface area contributed by atoms with E-state index in [1.54, 1.807) is 13.8 Å². The van der Waals surface area contributed by atoms with Gasteiger partial charge in [0.15, 0.2) is 0 Å². The molecule has 8 heteroatoms. The average Bonchev–Trinajstić information content (AvgIpc) is 2.55.